The van der Waals surface area contributed by atoms with Crippen molar-refractivity contribution in [2.45, 2.75) is 44.2 Å². The highest BCUT2D eigenvalue weighted by Gasteiger charge is 2.32. The van der Waals surface area contributed by atoms with E-state index in [0.717, 1.165) is 10.7 Å². The molecule has 1 atom stereocenters. The van der Waals surface area contributed by atoms with Crippen molar-refractivity contribution in [2.24, 2.45) is 0 Å². The van der Waals surface area contributed by atoms with E-state index in [1.165, 1.54) is 36.2 Å². The third kappa shape index (κ3) is 7.09. The van der Waals surface area contributed by atoms with Crippen LogP contribution in [-0.2, 0) is 26.2 Å². The molecule has 11 heteroatoms. The molecule has 2 aromatic rings. The lowest BCUT2D eigenvalue weighted by Gasteiger charge is -2.32. The summed E-state index contributed by atoms with van der Waals surface area (Å²) in [6.07, 6.45) is 1.05. The molecule has 0 saturated carbocycles. The van der Waals surface area contributed by atoms with Crippen LogP contribution in [0.5, 0.6) is 0 Å². The zero-order valence-electron chi connectivity index (χ0n) is 19.2. The number of hydrogen-bond acceptors (Lipinski definition) is 4. The summed E-state index contributed by atoms with van der Waals surface area (Å²) in [7, 11) is -2.66. The predicted octanol–water partition coefficient (Wildman–Crippen LogP) is 4.60. The maximum atomic E-state index is 13.4. The van der Waals surface area contributed by atoms with Crippen molar-refractivity contribution in [1.29, 1.82) is 0 Å². The molecule has 34 heavy (non-hydrogen) atoms. The van der Waals surface area contributed by atoms with Gasteiger partial charge in [-0.15, -0.1) is 0 Å². The van der Waals surface area contributed by atoms with Crippen LogP contribution in [0.4, 0.5) is 0 Å². The van der Waals surface area contributed by atoms with Crippen molar-refractivity contribution in [3.05, 3.63) is 63.1 Å². The molecule has 2 rings (SSSR count). The lowest BCUT2D eigenvalue weighted by atomic mass is 10.1. The second-order valence-corrected chi connectivity index (χ2v) is 10.9. The summed E-state index contributed by atoms with van der Waals surface area (Å²) in [5, 5.41) is 3.89. The normalized spacial score (nSPS) is 12.4. The van der Waals surface area contributed by atoms with Crippen LogP contribution in [0.1, 0.15) is 32.3 Å². The molecule has 186 valence electrons. The van der Waals surface area contributed by atoms with E-state index in [9.17, 15) is 18.0 Å². The van der Waals surface area contributed by atoms with Gasteiger partial charge in [-0.2, -0.15) is 4.31 Å². The molecule has 0 aliphatic rings. The van der Waals surface area contributed by atoms with Crippen LogP contribution < -0.4 is 5.32 Å². The highest BCUT2D eigenvalue weighted by Crippen LogP contribution is 2.27. The number of rotatable bonds is 11. The van der Waals surface area contributed by atoms with E-state index in [1.54, 1.807) is 25.1 Å². The van der Waals surface area contributed by atoms with E-state index in [-0.39, 0.29) is 17.3 Å². The summed E-state index contributed by atoms with van der Waals surface area (Å²) in [5.41, 5.74) is 0.476. The monoisotopic (exact) mass is 547 g/mol. The quantitative estimate of drug-likeness (QED) is 0.445. The Morgan fingerprint density at radius 3 is 2.12 bits per heavy atom. The highest BCUT2D eigenvalue weighted by atomic mass is 35.5. The Bertz CT molecular complexity index is 1090. The number of sulfonamides is 1. The van der Waals surface area contributed by atoms with Gasteiger partial charge in [-0.3, -0.25) is 9.59 Å². The van der Waals surface area contributed by atoms with Crippen molar-refractivity contribution in [2.75, 3.05) is 20.1 Å². The van der Waals surface area contributed by atoms with Crippen molar-refractivity contribution in [3.63, 3.8) is 0 Å². The van der Waals surface area contributed by atoms with Crippen molar-refractivity contribution in [1.82, 2.24) is 14.5 Å². The van der Waals surface area contributed by atoms with E-state index in [1.807, 2.05) is 6.92 Å². The van der Waals surface area contributed by atoms with Gasteiger partial charge < -0.3 is 10.2 Å². The Morgan fingerprint density at radius 2 is 1.59 bits per heavy atom. The minimum absolute atomic E-state index is 0.000582. The Hall–Kier alpha value is -1.84. The van der Waals surface area contributed by atoms with Gasteiger partial charge in [0.25, 0.3) is 0 Å². The summed E-state index contributed by atoms with van der Waals surface area (Å²) >= 11 is 18.5. The SMILES string of the molecule is CCCNC(=O)[C@@H](CC)N(Cc1c(Cl)cccc1Cl)C(=O)CN(C)S(=O)(=O)c1ccc(Cl)cc1. The number of hydrogen-bond donors (Lipinski definition) is 1. The maximum Gasteiger partial charge on any atom is 0.243 e. The van der Waals surface area contributed by atoms with Gasteiger partial charge in [0.15, 0.2) is 0 Å². The third-order valence-corrected chi connectivity index (χ3v) is 7.98. The number of benzene rings is 2. The smallest absolute Gasteiger partial charge is 0.243 e. The molecule has 0 fully saturated rings. The lowest BCUT2D eigenvalue weighted by molar-refractivity contribution is -0.141. The summed E-state index contributed by atoms with van der Waals surface area (Å²) in [6, 6.07) is 9.78. The number of nitrogens with one attached hydrogen (secondary N) is 1. The fourth-order valence-corrected chi connectivity index (χ4v) is 5.06. The largest absolute Gasteiger partial charge is 0.354 e. The molecule has 0 heterocycles. The second-order valence-electron chi connectivity index (χ2n) is 7.65. The fourth-order valence-electron chi connectivity index (χ4n) is 3.29. The molecule has 0 saturated heterocycles. The molecular formula is C23H28Cl3N3O4S. The van der Waals surface area contributed by atoms with Gasteiger partial charge in [-0.25, -0.2) is 8.42 Å². The van der Waals surface area contributed by atoms with E-state index in [4.69, 9.17) is 34.8 Å². The molecule has 0 spiro atoms. The van der Waals surface area contributed by atoms with Gasteiger partial charge in [0.2, 0.25) is 21.8 Å². The van der Waals surface area contributed by atoms with Crippen LogP contribution in [0.25, 0.3) is 0 Å². The van der Waals surface area contributed by atoms with Gasteiger partial charge in [-0.05, 0) is 49.2 Å². The molecule has 0 aliphatic heterocycles. The zero-order chi connectivity index (χ0) is 25.5. The number of carbonyl (C=O) groups excluding carboxylic acids is 2. The van der Waals surface area contributed by atoms with Crippen LogP contribution in [0.3, 0.4) is 0 Å². The standard InChI is InChI=1S/C23H28Cl3N3O4S/c1-4-13-27-23(31)21(5-2)29(14-18-19(25)7-6-8-20(18)26)22(30)15-28(3)34(32,33)17-11-9-16(24)10-12-17/h6-12,21H,4-5,13-15H2,1-3H3,(H,27,31)/t21-/m1/s1. The van der Waals surface area contributed by atoms with E-state index >= 15 is 0 Å². The second kappa shape index (κ2) is 12.7. The van der Waals surface area contributed by atoms with Crippen LogP contribution >= 0.6 is 34.8 Å². The first kappa shape index (κ1) is 28.4. The number of carbonyl (C=O) groups is 2. The molecule has 7 nitrogen and oxygen atoms in total. The van der Waals surface area contributed by atoms with E-state index < -0.39 is 28.5 Å². The Kier molecular flexibility index (Phi) is 10.6. The molecule has 0 bridgehead atoms. The highest BCUT2D eigenvalue weighted by molar-refractivity contribution is 7.89. The van der Waals surface area contributed by atoms with Gasteiger partial charge in [-0.1, -0.05) is 54.7 Å². The summed E-state index contributed by atoms with van der Waals surface area (Å²) in [4.78, 5) is 27.6. The molecular weight excluding hydrogens is 521 g/mol. The summed E-state index contributed by atoms with van der Waals surface area (Å²) in [6.45, 7) is 3.62. The lowest BCUT2D eigenvalue weighted by Crippen LogP contribution is -2.51. The van der Waals surface area contributed by atoms with Gasteiger partial charge in [0.05, 0.1) is 11.4 Å². The zero-order valence-corrected chi connectivity index (χ0v) is 22.3. The molecule has 2 aromatic carbocycles. The average molecular weight is 549 g/mol. The first-order valence-electron chi connectivity index (χ1n) is 10.7. The van der Waals surface area contributed by atoms with Crippen LogP contribution in [-0.4, -0.2) is 55.6 Å². The fraction of sp³-hybridized carbons (Fsp3) is 0.391. The molecule has 0 aromatic heterocycles. The minimum atomic E-state index is -3.97. The first-order chi connectivity index (χ1) is 16.0. The Labute approximate surface area is 216 Å². The maximum absolute atomic E-state index is 13.4. The molecule has 0 aliphatic carbocycles. The average Bonchev–Trinajstić information content (AvgIpc) is 2.79. The van der Waals surface area contributed by atoms with Crippen molar-refractivity contribution < 1.29 is 18.0 Å². The van der Waals surface area contributed by atoms with Gasteiger partial charge in [0, 0.05) is 40.8 Å². The first-order valence-corrected chi connectivity index (χ1v) is 13.3. The Balaban J connectivity index is 2.37. The van der Waals surface area contributed by atoms with Gasteiger partial charge >= 0.3 is 0 Å². The van der Waals surface area contributed by atoms with E-state index in [2.05, 4.69) is 5.32 Å². The molecule has 0 unspecified atom stereocenters. The number of halogens is 3. The minimum Gasteiger partial charge on any atom is -0.354 e. The number of amides is 2. The third-order valence-electron chi connectivity index (χ3n) is 5.21. The molecule has 0 radical (unpaired) electrons. The number of nitrogens with zero attached hydrogens (tertiary/aromatic N) is 2. The van der Waals surface area contributed by atoms with Crippen molar-refractivity contribution in [3.8, 4) is 0 Å². The summed E-state index contributed by atoms with van der Waals surface area (Å²) < 4.78 is 26.9. The summed E-state index contributed by atoms with van der Waals surface area (Å²) in [5.74, 6) is -0.890. The van der Waals surface area contributed by atoms with Crippen LogP contribution in [0, 0.1) is 0 Å². The van der Waals surface area contributed by atoms with Crippen molar-refractivity contribution >= 4 is 56.6 Å². The van der Waals surface area contributed by atoms with Crippen LogP contribution in [0.2, 0.25) is 15.1 Å². The van der Waals surface area contributed by atoms with Gasteiger partial charge in [0.1, 0.15) is 6.04 Å². The molecule has 2 amide bonds. The van der Waals surface area contributed by atoms with E-state index in [0.29, 0.717) is 33.6 Å². The topological polar surface area (TPSA) is 86.8 Å². The predicted molar refractivity (Wildman–Crippen MR) is 136 cm³/mol. The molecule has 1 N–H and O–H groups in total. The Morgan fingerprint density at radius 1 is 1.00 bits per heavy atom. The van der Waals surface area contributed by atoms with Crippen LogP contribution in [0.15, 0.2) is 47.4 Å². The number of likely N-dealkylation sites (N-methyl/N-ethyl adjacent to an activating group) is 1.